The van der Waals surface area contributed by atoms with Gasteiger partial charge in [0, 0.05) is 24.1 Å². The molecule has 0 saturated carbocycles. The van der Waals surface area contributed by atoms with E-state index in [0.29, 0.717) is 5.75 Å². The Balaban J connectivity index is 1.65. The maximum Gasteiger partial charge on any atom is 0.343 e. The van der Waals surface area contributed by atoms with E-state index in [4.69, 9.17) is 18.4 Å². The van der Waals surface area contributed by atoms with Crippen molar-refractivity contribution in [1.29, 1.82) is 0 Å². The van der Waals surface area contributed by atoms with E-state index in [9.17, 15) is 8.42 Å². The molecule has 2 atom stereocenters. The van der Waals surface area contributed by atoms with Crippen LogP contribution in [0.5, 0.6) is 23.0 Å². The van der Waals surface area contributed by atoms with Crippen LogP contribution in [-0.4, -0.2) is 41.8 Å². The number of fused-ring (bicyclic) bond motifs is 3. The smallest absolute Gasteiger partial charge is 0.343 e. The highest BCUT2D eigenvalue weighted by Gasteiger charge is 2.36. The number of methoxy groups -OCH3 is 2. The number of nitrogens with one attached hydrogen (secondary N) is 1. The van der Waals surface area contributed by atoms with Crippen molar-refractivity contribution in [3.63, 3.8) is 0 Å². The molecule has 27 heavy (non-hydrogen) atoms. The van der Waals surface area contributed by atoms with E-state index in [1.54, 1.807) is 24.3 Å². The zero-order valence-corrected chi connectivity index (χ0v) is 15.9. The van der Waals surface area contributed by atoms with Crippen LogP contribution in [0.1, 0.15) is 17.9 Å². The molecule has 1 fully saturated rings. The second-order valence-corrected chi connectivity index (χ2v) is 8.02. The van der Waals surface area contributed by atoms with Crippen LogP contribution in [0.25, 0.3) is 0 Å². The summed E-state index contributed by atoms with van der Waals surface area (Å²) in [6.07, 6.45) is 1.02. The molecule has 8 heteroatoms. The van der Waals surface area contributed by atoms with Gasteiger partial charge >= 0.3 is 10.1 Å². The van der Waals surface area contributed by atoms with E-state index in [-0.39, 0.29) is 28.4 Å². The van der Waals surface area contributed by atoms with Crippen LogP contribution in [0.15, 0.2) is 41.3 Å². The highest BCUT2D eigenvalue weighted by molar-refractivity contribution is 7.87. The molecular weight excluding hydrogens is 370 g/mol. The Morgan fingerprint density at radius 2 is 1.89 bits per heavy atom. The second kappa shape index (κ2) is 6.94. The first kappa shape index (κ1) is 17.9. The number of hydrogen-bond donors (Lipinski definition) is 1. The molecular formula is C19H21NO6S. The summed E-state index contributed by atoms with van der Waals surface area (Å²) < 4.78 is 47.3. The number of ether oxygens (including phenoxy) is 3. The second-order valence-electron chi connectivity index (χ2n) is 6.51. The van der Waals surface area contributed by atoms with E-state index in [0.717, 1.165) is 30.8 Å². The van der Waals surface area contributed by atoms with Gasteiger partial charge in [-0.3, -0.25) is 0 Å². The zero-order chi connectivity index (χ0) is 19.0. The van der Waals surface area contributed by atoms with Crippen molar-refractivity contribution in [2.24, 2.45) is 0 Å². The van der Waals surface area contributed by atoms with Gasteiger partial charge in [-0.1, -0.05) is 0 Å². The summed E-state index contributed by atoms with van der Waals surface area (Å²) in [6.45, 7) is 1.70. The highest BCUT2D eigenvalue weighted by Crippen LogP contribution is 2.43. The molecule has 4 rings (SSSR count). The molecule has 1 saturated heterocycles. The predicted molar refractivity (Wildman–Crippen MR) is 98.4 cm³/mol. The molecule has 7 nitrogen and oxygen atoms in total. The number of rotatable bonds is 5. The van der Waals surface area contributed by atoms with Crippen LogP contribution in [-0.2, 0) is 10.1 Å². The zero-order valence-electron chi connectivity index (χ0n) is 15.1. The molecule has 1 N–H and O–H groups in total. The summed E-state index contributed by atoms with van der Waals surface area (Å²) in [6, 6.07) is 9.67. The first-order chi connectivity index (χ1) is 13.0. The molecule has 0 bridgehead atoms. The lowest BCUT2D eigenvalue weighted by molar-refractivity contribution is 0.177. The molecule has 2 aliphatic rings. The minimum Gasteiger partial charge on any atom is -0.497 e. The largest absolute Gasteiger partial charge is 0.497 e. The molecule has 0 aromatic heterocycles. The van der Waals surface area contributed by atoms with Crippen molar-refractivity contribution in [3.8, 4) is 23.0 Å². The summed E-state index contributed by atoms with van der Waals surface area (Å²) in [5, 5.41) is 3.31. The minimum atomic E-state index is -4.09. The van der Waals surface area contributed by atoms with Crippen molar-refractivity contribution >= 4 is 10.1 Å². The van der Waals surface area contributed by atoms with Gasteiger partial charge in [0.05, 0.1) is 14.2 Å². The third-order valence-corrected chi connectivity index (χ3v) is 6.20. The van der Waals surface area contributed by atoms with Crippen LogP contribution in [0.3, 0.4) is 0 Å². The van der Waals surface area contributed by atoms with Crippen molar-refractivity contribution in [2.75, 3.05) is 27.3 Å². The first-order valence-corrected chi connectivity index (χ1v) is 10.1. The molecule has 0 radical (unpaired) electrons. The average molecular weight is 391 g/mol. The average Bonchev–Trinajstić information content (AvgIpc) is 3.05. The Labute approximate surface area is 158 Å². The standard InChI is InChI=1S/C19H21NO6S/c1-23-12-3-6-17(24-2)19(10-12)27(21,22)26-13-4-5-16-15(9-13)14-7-8-20-11-18(14)25-16/h3-6,9-10,14,18,20H,7-8,11H2,1-2H3. The summed E-state index contributed by atoms with van der Waals surface area (Å²) in [5.41, 5.74) is 0.992. The summed E-state index contributed by atoms with van der Waals surface area (Å²) in [5.74, 6) is 1.88. The topological polar surface area (TPSA) is 83.1 Å². The monoisotopic (exact) mass is 391 g/mol. The Morgan fingerprint density at radius 3 is 2.67 bits per heavy atom. The van der Waals surface area contributed by atoms with E-state index in [2.05, 4.69) is 5.32 Å². The van der Waals surface area contributed by atoms with Crippen LogP contribution >= 0.6 is 0 Å². The Morgan fingerprint density at radius 1 is 1.07 bits per heavy atom. The summed E-state index contributed by atoms with van der Waals surface area (Å²) in [4.78, 5) is -0.0826. The van der Waals surface area contributed by atoms with Gasteiger partial charge in [-0.25, -0.2) is 0 Å². The molecule has 0 aliphatic carbocycles. The van der Waals surface area contributed by atoms with Crippen molar-refractivity contribution in [1.82, 2.24) is 5.32 Å². The Hall–Kier alpha value is -2.45. The third kappa shape index (κ3) is 3.30. The normalized spacial score (nSPS) is 21.0. The molecule has 2 aromatic carbocycles. The van der Waals surface area contributed by atoms with Gasteiger partial charge in [0.1, 0.15) is 29.1 Å². The van der Waals surface area contributed by atoms with Crippen LogP contribution in [0.2, 0.25) is 0 Å². The van der Waals surface area contributed by atoms with Gasteiger partial charge in [0.15, 0.2) is 4.90 Å². The fourth-order valence-electron chi connectivity index (χ4n) is 3.60. The molecule has 0 amide bonds. The molecule has 0 spiro atoms. The molecule has 2 aliphatic heterocycles. The van der Waals surface area contributed by atoms with E-state index in [1.807, 2.05) is 0 Å². The number of piperidine rings is 1. The van der Waals surface area contributed by atoms with E-state index < -0.39 is 10.1 Å². The molecule has 144 valence electrons. The fraction of sp³-hybridized carbons (Fsp3) is 0.368. The van der Waals surface area contributed by atoms with Crippen LogP contribution in [0, 0.1) is 0 Å². The Bertz CT molecular complexity index is 959. The lowest BCUT2D eigenvalue weighted by atomic mass is 9.90. The minimum absolute atomic E-state index is 0.0825. The summed E-state index contributed by atoms with van der Waals surface area (Å²) in [7, 11) is -1.22. The summed E-state index contributed by atoms with van der Waals surface area (Å²) >= 11 is 0. The quantitative estimate of drug-likeness (QED) is 0.783. The van der Waals surface area contributed by atoms with E-state index in [1.165, 1.54) is 26.4 Å². The van der Waals surface area contributed by atoms with Crippen LogP contribution in [0.4, 0.5) is 0 Å². The van der Waals surface area contributed by atoms with Gasteiger partial charge in [0.2, 0.25) is 0 Å². The SMILES string of the molecule is COc1ccc(OC)c(S(=O)(=O)Oc2ccc3c(c2)C2CCNCC2O3)c1. The number of hydrogen-bond acceptors (Lipinski definition) is 7. The molecule has 2 aromatic rings. The molecule has 2 heterocycles. The van der Waals surface area contributed by atoms with Gasteiger partial charge in [-0.15, -0.1) is 0 Å². The molecule has 2 unspecified atom stereocenters. The lowest BCUT2D eigenvalue weighted by Crippen LogP contribution is -2.39. The fourth-order valence-corrected chi connectivity index (χ4v) is 4.70. The van der Waals surface area contributed by atoms with Crippen molar-refractivity contribution in [3.05, 3.63) is 42.0 Å². The van der Waals surface area contributed by atoms with Gasteiger partial charge < -0.3 is 23.7 Å². The van der Waals surface area contributed by atoms with Gasteiger partial charge in [-0.05, 0) is 43.3 Å². The lowest BCUT2D eigenvalue weighted by Gasteiger charge is -2.24. The van der Waals surface area contributed by atoms with Gasteiger partial charge in [0.25, 0.3) is 0 Å². The van der Waals surface area contributed by atoms with E-state index >= 15 is 0 Å². The highest BCUT2D eigenvalue weighted by atomic mass is 32.2. The Kier molecular flexibility index (Phi) is 4.61. The number of benzene rings is 2. The maximum atomic E-state index is 12.8. The first-order valence-electron chi connectivity index (χ1n) is 8.69. The maximum absolute atomic E-state index is 12.8. The third-order valence-electron chi connectivity index (χ3n) is 4.93. The van der Waals surface area contributed by atoms with Crippen LogP contribution < -0.4 is 23.7 Å². The van der Waals surface area contributed by atoms with Crippen molar-refractivity contribution in [2.45, 2.75) is 23.3 Å². The van der Waals surface area contributed by atoms with Gasteiger partial charge in [-0.2, -0.15) is 8.42 Å². The predicted octanol–water partition coefficient (Wildman–Crippen LogP) is 2.31. The van der Waals surface area contributed by atoms with Crippen molar-refractivity contribution < 1.29 is 26.8 Å².